The van der Waals surface area contributed by atoms with Crippen molar-refractivity contribution in [2.24, 2.45) is 7.05 Å². The van der Waals surface area contributed by atoms with E-state index in [1.807, 2.05) is 71.6 Å². The summed E-state index contributed by atoms with van der Waals surface area (Å²) in [6, 6.07) is 21.5. The Morgan fingerprint density at radius 3 is 2.38 bits per heavy atom. The molecule has 0 saturated carbocycles. The van der Waals surface area contributed by atoms with E-state index in [1.54, 1.807) is 11.6 Å². The first-order valence-corrected chi connectivity index (χ1v) is 11.6. The van der Waals surface area contributed by atoms with Gasteiger partial charge in [0.2, 0.25) is 5.91 Å². The lowest BCUT2D eigenvalue weighted by Gasteiger charge is -2.31. The van der Waals surface area contributed by atoms with Crippen molar-refractivity contribution in [1.82, 2.24) is 19.8 Å². The number of fused-ring (bicyclic) bond motifs is 2. The summed E-state index contributed by atoms with van der Waals surface area (Å²) in [5.74, 6) is 0.0514. The summed E-state index contributed by atoms with van der Waals surface area (Å²) in [5, 5.41) is 5.99. The molecule has 1 fully saturated rings. The Morgan fingerprint density at radius 1 is 1.00 bits per heavy atom. The number of hydrogen-bond donors (Lipinski definition) is 1. The maximum atomic E-state index is 13.5. The first-order valence-electron chi connectivity index (χ1n) is 10.7. The Balaban J connectivity index is 1.58. The maximum Gasteiger partial charge on any atom is 0.261 e. The molecule has 1 aliphatic rings. The van der Waals surface area contributed by atoms with Crippen LogP contribution in [0.25, 0.3) is 21.7 Å². The monoisotopic (exact) mass is 444 g/mol. The third kappa shape index (κ3) is 3.89. The van der Waals surface area contributed by atoms with Crippen LogP contribution in [0.3, 0.4) is 0 Å². The molecule has 32 heavy (non-hydrogen) atoms. The van der Waals surface area contributed by atoms with E-state index in [4.69, 9.17) is 4.98 Å². The van der Waals surface area contributed by atoms with Gasteiger partial charge >= 0.3 is 0 Å². The van der Waals surface area contributed by atoms with Crippen molar-refractivity contribution in [2.45, 2.75) is 10.4 Å². The van der Waals surface area contributed by atoms with Gasteiger partial charge in [-0.3, -0.25) is 14.2 Å². The second-order valence-electron chi connectivity index (χ2n) is 7.96. The molecule has 0 spiro atoms. The number of aromatic nitrogens is 2. The van der Waals surface area contributed by atoms with Crippen LogP contribution in [0.2, 0.25) is 0 Å². The van der Waals surface area contributed by atoms with Gasteiger partial charge in [0.05, 0.1) is 10.9 Å². The molecular weight excluding hydrogens is 420 g/mol. The molecule has 7 heteroatoms. The number of thioether (sulfide) groups is 1. The lowest BCUT2D eigenvalue weighted by atomic mass is 10.1. The third-order valence-electron chi connectivity index (χ3n) is 5.88. The number of nitrogens with zero attached hydrogens (tertiary/aromatic N) is 3. The van der Waals surface area contributed by atoms with E-state index < -0.39 is 5.25 Å². The topological polar surface area (TPSA) is 67.2 Å². The predicted molar refractivity (Wildman–Crippen MR) is 129 cm³/mol. The van der Waals surface area contributed by atoms with Crippen LogP contribution in [-0.2, 0) is 11.8 Å². The number of hydrogen-bond acceptors (Lipinski definition) is 5. The van der Waals surface area contributed by atoms with E-state index in [2.05, 4.69) is 5.32 Å². The zero-order valence-corrected chi connectivity index (χ0v) is 18.6. The largest absolute Gasteiger partial charge is 0.339 e. The number of carbonyl (C=O) groups is 1. The van der Waals surface area contributed by atoms with Crippen molar-refractivity contribution < 1.29 is 4.79 Å². The van der Waals surface area contributed by atoms with Crippen LogP contribution >= 0.6 is 11.8 Å². The Hall–Kier alpha value is -3.16. The quantitative estimate of drug-likeness (QED) is 0.297. The highest BCUT2D eigenvalue weighted by Crippen LogP contribution is 2.36. The molecule has 1 N–H and O–H groups in total. The van der Waals surface area contributed by atoms with Crippen LogP contribution < -0.4 is 10.9 Å². The molecular formula is C25H24N4O2S. The molecule has 6 nitrogen and oxygen atoms in total. The SMILES string of the molecule is Cn1c(SC(C(=O)N2CCNCC2)c2ccccc2)nc2cc3ccccc3cc2c1=O. The van der Waals surface area contributed by atoms with E-state index >= 15 is 0 Å². The van der Waals surface area contributed by atoms with Crippen LogP contribution in [0.15, 0.2) is 76.7 Å². The van der Waals surface area contributed by atoms with Crippen molar-refractivity contribution in [3.8, 4) is 0 Å². The molecule has 1 aromatic heterocycles. The Morgan fingerprint density at radius 2 is 1.66 bits per heavy atom. The summed E-state index contributed by atoms with van der Waals surface area (Å²) >= 11 is 1.34. The van der Waals surface area contributed by atoms with Gasteiger partial charge in [0, 0.05) is 33.2 Å². The summed E-state index contributed by atoms with van der Waals surface area (Å²) in [4.78, 5) is 33.4. The number of nitrogens with one attached hydrogen (secondary N) is 1. The molecule has 1 atom stereocenters. The highest BCUT2D eigenvalue weighted by Gasteiger charge is 2.29. The minimum absolute atomic E-state index is 0.0514. The standard InChI is InChI=1S/C25H24N4O2S/c1-28-23(30)20-15-18-9-5-6-10-19(18)16-21(20)27-25(28)32-22(17-7-3-2-4-8-17)24(31)29-13-11-26-12-14-29/h2-10,15-16,22,26H,11-14H2,1H3. The molecule has 0 bridgehead atoms. The summed E-state index contributed by atoms with van der Waals surface area (Å²) in [6.07, 6.45) is 0. The average Bonchev–Trinajstić information content (AvgIpc) is 2.85. The van der Waals surface area contributed by atoms with Crippen LogP contribution in [0.5, 0.6) is 0 Å². The number of carbonyl (C=O) groups excluding carboxylic acids is 1. The van der Waals surface area contributed by atoms with Gasteiger partial charge in [-0.1, -0.05) is 66.4 Å². The zero-order valence-electron chi connectivity index (χ0n) is 17.8. The summed E-state index contributed by atoms with van der Waals surface area (Å²) in [7, 11) is 1.73. The van der Waals surface area contributed by atoms with Crippen LogP contribution in [0.1, 0.15) is 10.8 Å². The molecule has 2 heterocycles. The lowest BCUT2D eigenvalue weighted by molar-refractivity contribution is -0.131. The highest BCUT2D eigenvalue weighted by molar-refractivity contribution is 8.00. The van der Waals surface area contributed by atoms with E-state index in [0.717, 1.165) is 29.4 Å². The molecule has 1 amide bonds. The van der Waals surface area contributed by atoms with Crippen LogP contribution in [0, 0.1) is 0 Å². The summed E-state index contributed by atoms with van der Waals surface area (Å²) in [5.41, 5.74) is 1.45. The molecule has 5 rings (SSSR count). The van der Waals surface area contributed by atoms with Gasteiger partial charge in [0.25, 0.3) is 5.56 Å². The lowest BCUT2D eigenvalue weighted by Crippen LogP contribution is -2.47. The van der Waals surface area contributed by atoms with Gasteiger partial charge in [-0.25, -0.2) is 4.98 Å². The van der Waals surface area contributed by atoms with Crippen molar-refractivity contribution >= 4 is 39.3 Å². The molecule has 162 valence electrons. The fraction of sp³-hybridized carbons (Fsp3) is 0.240. The molecule has 3 aromatic carbocycles. The summed E-state index contributed by atoms with van der Waals surface area (Å²) < 4.78 is 1.56. The predicted octanol–water partition coefficient (Wildman–Crippen LogP) is 3.35. The van der Waals surface area contributed by atoms with Gasteiger partial charge < -0.3 is 10.2 Å². The second kappa shape index (κ2) is 8.76. The molecule has 0 radical (unpaired) electrons. The average molecular weight is 445 g/mol. The molecule has 1 aliphatic heterocycles. The highest BCUT2D eigenvalue weighted by atomic mass is 32.2. The minimum atomic E-state index is -0.467. The number of amides is 1. The minimum Gasteiger partial charge on any atom is -0.339 e. The fourth-order valence-corrected chi connectivity index (χ4v) is 5.23. The van der Waals surface area contributed by atoms with Crippen molar-refractivity contribution in [1.29, 1.82) is 0 Å². The van der Waals surface area contributed by atoms with Gasteiger partial charge in [0.1, 0.15) is 5.25 Å². The number of rotatable bonds is 4. The van der Waals surface area contributed by atoms with Crippen molar-refractivity contribution in [2.75, 3.05) is 26.2 Å². The van der Waals surface area contributed by atoms with E-state index in [-0.39, 0.29) is 11.5 Å². The molecule has 1 saturated heterocycles. The molecule has 0 aliphatic carbocycles. The Labute approximate surface area is 190 Å². The normalized spacial score (nSPS) is 15.2. The van der Waals surface area contributed by atoms with Gasteiger partial charge in [0.15, 0.2) is 5.16 Å². The smallest absolute Gasteiger partial charge is 0.261 e. The summed E-state index contributed by atoms with van der Waals surface area (Å²) in [6.45, 7) is 2.94. The van der Waals surface area contributed by atoms with Gasteiger partial charge in [-0.2, -0.15) is 0 Å². The third-order valence-corrected chi connectivity index (χ3v) is 7.17. The molecule has 4 aromatic rings. The Kier molecular flexibility index (Phi) is 5.68. The number of benzene rings is 3. The van der Waals surface area contributed by atoms with Crippen molar-refractivity contribution in [3.05, 3.63) is 82.6 Å². The van der Waals surface area contributed by atoms with Crippen LogP contribution in [-0.4, -0.2) is 46.5 Å². The second-order valence-corrected chi connectivity index (χ2v) is 9.03. The van der Waals surface area contributed by atoms with E-state index in [0.29, 0.717) is 29.1 Å². The molecule has 1 unspecified atom stereocenters. The first-order chi connectivity index (χ1) is 15.6. The zero-order chi connectivity index (χ0) is 22.1. The number of piperazine rings is 1. The maximum absolute atomic E-state index is 13.5. The van der Waals surface area contributed by atoms with Gasteiger partial charge in [-0.15, -0.1) is 0 Å². The van der Waals surface area contributed by atoms with E-state index in [1.165, 1.54) is 11.8 Å². The van der Waals surface area contributed by atoms with Gasteiger partial charge in [-0.05, 0) is 28.5 Å². The first kappa shape index (κ1) is 20.7. The van der Waals surface area contributed by atoms with E-state index in [9.17, 15) is 9.59 Å². The van der Waals surface area contributed by atoms with Crippen molar-refractivity contribution in [3.63, 3.8) is 0 Å². The Bertz CT molecular complexity index is 1350. The van der Waals surface area contributed by atoms with Crippen LogP contribution in [0.4, 0.5) is 0 Å². The fourth-order valence-electron chi connectivity index (χ4n) is 4.09.